The van der Waals surface area contributed by atoms with Gasteiger partial charge >= 0.3 is 0 Å². The summed E-state index contributed by atoms with van der Waals surface area (Å²) in [4.78, 5) is 0. The van der Waals surface area contributed by atoms with E-state index in [0.717, 1.165) is 18.8 Å². The molecule has 3 nitrogen and oxygen atoms in total. The Morgan fingerprint density at radius 3 is 2.50 bits per heavy atom. The van der Waals surface area contributed by atoms with Crippen LogP contribution in [0.2, 0.25) is 0 Å². The summed E-state index contributed by atoms with van der Waals surface area (Å²) in [7, 11) is 0. The molecule has 84 valence electrons. The summed E-state index contributed by atoms with van der Waals surface area (Å²) in [5.74, 6) is 0. The predicted octanol–water partition coefficient (Wildman–Crippen LogP) is 2.58. The van der Waals surface area contributed by atoms with Gasteiger partial charge in [0, 0.05) is 19.2 Å². The minimum absolute atomic E-state index is 0.740. The van der Waals surface area contributed by atoms with E-state index in [2.05, 4.69) is 42.5 Å². The standard InChI is InChI=1S/C13H16N2O/c1-10-5-11(2)7-12(6-10)8-14-9-13-3-4-16-15-13/h3-7,14H,8-9H2,1-2H3. The number of benzene rings is 1. The van der Waals surface area contributed by atoms with Crippen molar-refractivity contribution in [2.45, 2.75) is 26.9 Å². The molecule has 0 atom stereocenters. The van der Waals surface area contributed by atoms with Crippen LogP contribution >= 0.6 is 0 Å². The fraction of sp³-hybridized carbons (Fsp3) is 0.308. The van der Waals surface area contributed by atoms with Gasteiger partial charge in [0.05, 0.1) is 5.69 Å². The highest BCUT2D eigenvalue weighted by molar-refractivity contribution is 5.28. The van der Waals surface area contributed by atoms with Crippen LogP contribution in [0.25, 0.3) is 0 Å². The van der Waals surface area contributed by atoms with E-state index in [1.807, 2.05) is 6.07 Å². The minimum Gasteiger partial charge on any atom is -0.364 e. The molecule has 2 rings (SSSR count). The smallest absolute Gasteiger partial charge is 0.124 e. The molecular weight excluding hydrogens is 200 g/mol. The van der Waals surface area contributed by atoms with Crippen LogP contribution in [-0.2, 0) is 13.1 Å². The summed E-state index contributed by atoms with van der Waals surface area (Å²) < 4.78 is 4.77. The molecule has 1 heterocycles. The molecule has 0 fully saturated rings. The molecule has 0 aliphatic carbocycles. The fourth-order valence-electron chi connectivity index (χ4n) is 1.83. The fourth-order valence-corrected chi connectivity index (χ4v) is 1.83. The Kier molecular flexibility index (Phi) is 3.37. The van der Waals surface area contributed by atoms with Gasteiger partial charge in [-0.05, 0) is 19.4 Å². The van der Waals surface area contributed by atoms with Crippen LogP contribution in [0.15, 0.2) is 35.1 Å². The summed E-state index contributed by atoms with van der Waals surface area (Å²) in [5, 5.41) is 7.18. The Morgan fingerprint density at radius 2 is 1.88 bits per heavy atom. The van der Waals surface area contributed by atoms with Crippen LogP contribution in [0.4, 0.5) is 0 Å². The molecule has 0 saturated heterocycles. The van der Waals surface area contributed by atoms with Crippen molar-refractivity contribution in [2.24, 2.45) is 0 Å². The van der Waals surface area contributed by atoms with Crippen LogP contribution in [0, 0.1) is 13.8 Å². The Balaban J connectivity index is 1.89. The summed E-state index contributed by atoms with van der Waals surface area (Å²) >= 11 is 0. The van der Waals surface area contributed by atoms with Gasteiger partial charge in [0.1, 0.15) is 6.26 Å². The Bertz CT molecular complexity index is 429. The van der Waals surface area contributed by atoms with Gasteiger partial charge in [-0.3, -0.25) is 0 Å². The number of hydrogen-bond acceptors (Lipinski definition) is 3. The molecule has 1 N–H and O–H groups in total. The van der Waals surface area contributed by atoms with Gasteiger partial charge in [0.2, 0.25) is 0 Å². The first-order valence-corrected chi connectivity index (χ1v) is 5.41. The van der Waals surface area contributed by atoms with Gasteiger partial charge in [0.25, 0.3) is 0 Å². The molecule has 0 unspecified atom stereocenters. The van der Waals surface area contributed by atoms with E-state index in [4.69, 9.17) is 4.52 Å². The number of nitrogens with zero attached hydrogens (tertiary/aromatic N) is 1. The molecule has 3 heteroatoms. The lowest BCUT2D eigenvalue weighted by Crippen LogP contribution is -2.13. The van der Waals surface area contributed by atoms with Crippen LogP contribution in [0.3, 0.4) is 0 Å². The Hall–Kier alpha value is -1.61. The van der Waals surface area contributed by atoms with Crippen LogP contribution in [0.1, 0.15) is 22.4 Å². The zero-order valence-electron chi connectivity index (χ0n) is 9.66. The zero-order valence-corrected chi connectivity index (χ0v) is 9.66. The molecule has 0 aliphatic heterocycles. The predicted molar refractivity (Wildman–Crippen MR) is 63.0 cm³/mol. The molecule has 2 aromatic rings. The monoisotopic (exact) mass is 216 g/mol. The Morgan fingerprint density at radius 1 is 1.12 bits per heavy atom. The van der Waals surface area contributed by atoms with E-state index >= 15 is 0 Å². The first-order chi connectivity index (χ1) is 7.74. The number of aromatic nitrogens is 1. The number of nitrogens with one attached hydrogen (secondary N) is 1. The van der Waals surface area contributed by atoms with E-state index in [1.165, 1.54) is 16.7 Å². The van der Waals surface area contributed by atoms with Gasteiger partial charge in [-0.15, -0.1) is 0 Å². The summed E-state index contributed by atoms with van der Waals surface area (Å²) in [5.41, 5.74) is 4.85. The lowest BCUT2D eigenvalue weighted by Gasteiger charge is -2.05. The molecule has 1 aromatic carbocycles. The van der Waals surface area contributed by atoms with E-state index in [9.17, 15) is 0 Å². The maximum absolute atomic E-state index is 4.77. The zero-order chi connectivity index (χ0) is 11.4. The molecule has 0 radical (unpaired) electrons. The third-order valence-corrected chi connectivity index (χ3v) is 2.41. The van der Waals surface area contributed by atoms with Crippen LogP contribution in [0.5, 0.6) is 0 Å². The summed E-state index contributed by atoms with van der Waals surface area (Å²) in [6.45, 7) is 5.83. The van der Waals surface area contributed by atoms with Gasteiger partial charge in [0.15, 0.2) is 0 Å². The first kappa shape index (κ1) is 10.9. The largest absolute Gasteiger partial charge is 0.364 e. The van der Waals surface area contributed by atoms with E-state index < -0.39 is 0 Å². The quantitative estimate of drug-likeness (QED) is 0.853. The number of aryl methyl sites for hydroxylation is 2. The highest BCUT2D eigenvalue weighted by Gasteiger charge is 1.98. The molecule has 0 spiro atoms. The normalized spacial score (nSPS) is 10.6. The lowest BCUT2D eigenvalue weighted by molar-refractivity contribution is 0.408. The lowest BCUT2D eigenvalue weighted by atomic mass is 10.1. The summed E-state index contributed by atoms with van der Waals surface area (Å²) in [6, 6.07) is 8.45. The van der Waals surface area contributed by atoms with Crippen molar-refractivity contribution in [3.8, 4) is 0 Å². The second kappa shape index (κ2) is 4.94. The van der Waals surface area contributed by atoms with Crippen molar-refractivity contribution in [2.75, 3.05) is 0 Å². The average molecular weight is 216 g/mol. The number of rotatable bonds is 4. The SMILES string of the molecule is Cc1cc(C)cc(CNCc2ccon2)c1. The molecule has 0 saturated carbocycles. The third-order valence-electron chi connectivity index (χ3n) is 2.41. The van der Waals surface area contributed by atoms with Crippen LogP contribution in [-0.4, -0.2) is 5.16 Å². The first-order valence-electron chi connectivity index (χ1n) is 5.41. The molecule has 16 heavy (non-hydrogen) atoms. The van der Waals surface area contributed by atoms with Gasteiger partial charge in [-0.2, -0.15) is 0 Å². The van der Waals surface area contributed by atoms with Crippen LogP contribution < -0.4 is 5.32 Å². The second-order valence-electron chi connectivity index (χ2n) is 4.09. The van der Waals surface area contributed by atoms with E-state index in [1.54, 1.807) is 6.26 Å². The average Bonchev–Trinajstić information content (AvgIpc) is 2.69. The van der Waals surface area contributed by atoms with Crippen molar-refractivity contribution in [1.82, 2.24) is 10.5 Å². The third kappa shape index (κ3) is 2.94. The molecule has 0 bridgehead atoms. The molecule has 0 aliphatic rings. The van der Waals surface area contributed by atoms with E-state index in [-0.39, 0.29) is 0 Å². The van der Waals surface area contributed by atoms with Gasteiger partial charge in [-0.25, -0.2) is 0 Å². The van der Waals surface area contributed by atoms with Crippen molar-refractivity contribution < 1.29 is 4.52 Å². The van der Waals surface area contributed by atoms with Crippen molar-refractivity contribution in [3.63, 3.8) is 0 Å². The maximum atomic E-state index is 4.77. The Labute approximate surface area is 95.5 Å². The summed E-state index contributed by atoms with van der Waals surface area (Å²) in [6.07, 6.45) is 1.59. The minimum atomic E-state index is 0.740. The maximum Gasteiger partial charge on any atom is 0.124 e. The van der Waals surface area contributed by atoms with Gasteiger partial charge < -0.3 is 9.84 Å². The topological polar surface area (TPSA) is 38.1 Å². The molecule has 0 amide bonds. The highest BCUT2D eigenvalue weighted by atomic mass is 16.5. The number of hydrogen-bond donors (Lipinski definition) is 1. The molecule has 1 aromatic heterocycles. The van der Waals surface area contributed by atoms with Crippen molar-refractivity contribution in [3.05, 3.63) is 52.9 Å². The van der Waals surface area contributed by atoms with Crippen molar-refractivity contribution in [1.29, 1.82) is 0 Å². The van der Waals surface area contributed by atoms with Crippen molar-refractivity contribution >= 4 is 0 Å². The second-order valence-corrected chi connectivity index (χ2v) is 4.09. The van der Waals surface area contributed by atoms with Gasteiger partial charge in [-0.1, -0.05) is 34.5 Å². The highest BCUT2D eigenvalue weighted by Crippen LogP contribution is 2.08. The van der Waals surface area contributed by atoms with E-state index in [0.29, 0.717) is 0 Å². The molecular formula is C13H16N2O.